The standard InChI is InChI=1S/C24H30N4O5/c1-18-10-6-8-12-21(18)24(28-30-5)19(2)26-33-16-20-11-7-9-13-22(20)23(27-29-4)17-31-14-15-32-25-3/h6-13H,3,14-17H2,1-2,4-5H3. The third kappa shape index (κ3) is 8.04. The molecule has 0 radical (unpaired) electrons. The lowest BCUT2D eigenvalue weighted by molar-refractivity contribution is 0.0660. The fraction of sp³-hybridized carbons (Fsp3) is 0.333. The van der Waals surface area contributed by atoms with Gasteiger partial charge in [-0.05, 0) is 19.4 Å². The molecule has 176 valence electrons. The van der Waals surface area contributed by atoms with Crippen LogP contribution in [0.2, 0.25) is 0 Å². The summed E-state index contributed by atoms with van der Waals surface area (Å²) in [6.45, 7) is 8.16. The number of ether oxygens (including phenoxy) is 1. The molecule has 0 aliphatic rings. The van der Waals surface area contributed by atoms with E-state index in [9.17, 15) is 0 Å². The summed E-state index contributed by atoms with van der Waals surface area (Å²) in [6.07, 6.45) is 0. The Morgan fingerprint density at radius 1 is 0.848 bits per heavy atom. The summed E-state index contributed by atoms with van der Waals surface area (Å²) in [6, 6.07) is 15.6. The number of nitrogens with zero attached hydrogens (tertiary/aromatic N) is 4. The molecule has 0 atom stereocenters. The van der Waals surface area contributed by atoms with Gasteiger partial charge in [-0.25, -0.2) is 0 Å². The zero-order valence-corrected chi connectivity index (χ0v) is 19.5. The minimum Gasteiger partial charge on any atom is -0.399 e. The van der Waals surface area contributed by atoms with E-state index in [0.717, 1.165) is 22.3 Å². The van der Waals surface area contributed by atoms with Gasteiger partial charge in [0.25, 0.3) is 0 Å². The second kappa shape index (κ2) is 14.4. The second-order valence-corrected chi connectivity index (χ2v) is 6.78. The van der Waals surface area contributed by atoms with Crippen LogP contribution in [0, 0.1) is 6.92 Å². The summed E-state index contributed by atoms with van der Waals surface area (Å²) < 4.78 is 5.60. The Bertz CT molecular complexity index is 988. The van der Waals surface area contributed by atoms with Gasteiger partial charge in [0.05, 0.1) is 13.2 Å². The van der Waals surface area contributed by atoms with Crippen molar-refractivity contribution in [2.24, 2.45) is 20.6 Å². The molecule has 2 aromatic rings. The van der Waals surface area contributed by atoms with E-state index in [1.54, 1.807) is 0 Å². The molecule has 2 rings (SSSR count). The summed E-state index contributed by atoms with van der Waals surface area (Å²) in [7, 11) is 2.99. The molecule has 0 bridgehead atoms. The van der Waals surface area contributed by atoms with Crippen LogP contribution >= 0.6 is 0 Å². The molecule has 0 heterocycles. The number of hydrogen-bond acceptors (Lipinski definition) is 9. The van der Waals surface area contributed by atoms with Crippen molar-refractivity contribution < 1.29 is 24.1 Å². The molecule has 9 heteroatoms. The average Bonchev–Trinajstić information content (AvgIpc) is 2.82. The summed E-state index contributed by atoms with van der Waals surface area (Å²) in [5, 5.41) is 15.8. The Balaban J connectivity index is 2.14. The van der Waals surface area contributed by atoms with E-state index < -0.39 is 0 Å². The van der Waals surface area contributed by atoms with Crippen molar-refractivity contribution in [3.8, 4) is 0 Å². The van der Waals surface area contributed by atoms with Gasteiger partial charge in [0, 0.05) is 23.4 Å². The predicted octanol–water partition coefficient (Wildman–Crippen LogP) is 3.94. The van der Waals surface area contributed by atoms with Crippen LogP contribution in [0.1, 0.15) is 29.2 Å². The van der Waals surface area contributed by atoms with Crippen molar-refractivity contribution in [1.82, 2.24) is 0 Å². The van der Waals surface area contributed by atoms with Crippen LogP contribution in [0.15, 0.2) is 69.2 Å². The van der Waals surface area contributed by atoms with Gasteiger partial charge in [-0.1, -0.05) is 64.0 Å². The van der Waals surface area contributed by atoms with Crippen LogP contribution in [-0.4, -0.2) is 57.9 Å². The van der Waals surface area contributed by atoms with Crippen LogP contribution < -0.4 is 0 Å². The normalized spacial score (nSPS) is 12.3. The van der Waals surface area contributed by atoms with E-state index in [0.29, 0.717) is 30.3 Å². The van der Waals surface area contributed by atoms with E-state index in [2.05, 4.69) is 27.3 Å². The van der Waals surface area contributed by atoms with Crippen molar-refractivity contribution in [1.29, 1.82) is 0 Å². The van der Waals surface area contributed by atoms with Crippen molar-refractivity contribution in [3.05, 3.63) is 70.8 Å². The second-order valence-electron chi connectivity index (χ2n) is 6.78. The van der Waals surface area contributed by atoms with Gasteiger partial charge in [0.1, 0.15) is 44.6 Å². The lowest BCUT2D eigenvalue weighted by Gasteiger charge is -2.12. The topological polar surface area (TPSA) is 95.6 Å². The summed E-state index contributed by atoms with van der Waals surface area (Å²) in [5.41, 5.74) is 5.50. The summed E-state index contributed by atoms with van der Waals surface area (Å²) in [5.74, 6) is 0. The molecule has 0 aromatic heterocycles. The average molecular weight is 455 g/mol. The Morgan fingerprint density at radius 3 is 2.24 bits per heavy atom. The van der Waals surface area contributed by atoms with Crippen LogP contribution in [0.4, 0.5) is 0 Å². The van der Waals surface area contributed by atoms with Crippen LogP contribution in [0.5, 0.6) is 0 Å². The highest BCUT2D eigenvalue weighted by molar-refractivity contribution is 6.47. The number of rotatable bonds is 14. The fourth-order valence-electron chi connectivity index (χ4n) is 3.00. The van der Waals surface area contributed by atoms with Gasteiger partial charge in [-0.3, -0.25) is 0 Å². The van der Waals surface area contributed by atoms with E-state index in [1.165, 1.54) is 14.2 Å². The molecule has 2 aromatic carbocycles. The maximum atomic E-state index is 5.67. The summed E-state index contributed by atoms with van der Waals surface area (Å²) >= 11 is 0. The maximum Gasteiger partial charge on any atom is 0.142 e. The monoisotopic (exact) mass is 454 g/mol. The Kier molecular flexibility index (Phi) is 11.1. The first-order chi connectivity index (χ1) is 16.1. The molecule has 0 fully saturated rings. The largest absolute Gasteiger partial charge is 0.399 e. The molecule has 0 saturated carbocycles. The first-order valence-electron chi connectivity index (χ1n) is 10.3. The minimum atomic E-state index is 0.216. The molecule has 0 N–H and O–H groups in total. The zero-order valence-electron chi connectivity index (χ0n) is 19.5. The highest BCUT2D eigenvalue weighted by atomic mass is 16.6. The van der Waals surface area contributed by atoms with Gasteiger partial charge in [0.2, 0.25) is 0 Å². The van der Waals surface area contributed by atoms with Gasteiger partial charge in [0.15, 0.2) is 0 Å². The molecule has 0 saturated heterocycles. The first-order valence-corrected chi connectivity index (χ1v) is 10.3. The number of hydrogen-bond donors (Lipinski definition) is 0. The first kappa shape index (κ1) is 25.5. The number of oxime groups is 4. The third-order valence-corrected chi connectivity index (χ3v) is 4.53. The molecule has 0 aliphatic carbocycles. The van der Waals surface area contributed by atoms with Crippen molar-refractivity contribution >= 4 is 23.9 Å². The highest BCUT2D eigenvalue weighted by Gasteiger charge is 2.14. The zero-order chi connectivity index (χ0) is 23.9. The minimum absolute atomic E-state index is 0.216. The lowest BCUT2D eigenvalue weighted by Crippen LogP contribution is -2.16. The smallest absolute Gasteiger partial charge is 0.142 e. The van der Waals surface area contributed by atoms with E-state index >= 15 is 0 Å². The van der Waals surface area contributed by atoms with Crippen molar-refractivity contribution in [2.45, 2.75) is 20.5 Å². The van der Waals surface area contributed by atoms with E-state index in [1.807, 2.05) is 62.4 Å². The van der Waals surface area contributed by atoms with Crippen LogP contribution in [0.3, 0.4) is 0 Å². The molecule has 0 unspecified atom stereocenters. The van der Waals surface area contributed by atoms with Crippen LogP contribution in [0.25, 0.3) is 0 Å². The van der Waals surface area contributed by atoms with Gasteiger partial charge < -0.3 is 24.1 Å². The fourth-order valence-corrected chi connectivity index (χ4v) is 3.00. The lowest BCUT2D eigenvalue weighted by atomic mass is 10.0. The number of aryl methyl sites for hydroxylation is 1. The van der Waals surface area contributed by atoms with Crippen LogP contribution in [-0.2, 0) is 30.7 Å². The molecule has 0 aliphatic heterocycles. The Hall–Kier alpha value is -3.72. The molecular weight excluding hydrogens is 424 g/mol. The van der Waals surface area contributed by atoms with E-state index in [4.69, 9.17) is 24.1 Å². The molecule has 0 amide bonds. The Labute approximate surface area is 194 Å². The molecular formula is C24H30N4O5. The maximum absolute atomic E-state index is 5.67. The van der Waals surface area contributed by atoms with Gasteiger partial charge in [-0.2, -0.15) is 0 Å². The van der Waals surface area contributed by atoms with E-state index in [-0.39, 0.29) is 13.2 Å². The highest BCUT2D eigenvalue weighted by Crippen LogP contribution is 2.14. The quantitative estimate of drug-likeness (QED) is 0.245. The van der Waals surface area contributed by atoms with Crippen molar-refractivity contribution in [2.75, 3.05) is 34.0 Å². The molecule has 0 spiro atoms. The summed E-state index contributed by atoms with van der Waals surface area (Å²) in [4.78, 5) is 20.5. The van der Waals surface area contributed by atoms with Gasteiger partial charge in [-0.15, -0.1) is 5.16 Å². The van der Waals surface area contributed by atoms with Gasteiger partial charge >= 0.3 is 0 Å². The third-order valence-electron chi connectivity index (χ3n) is 4.53. The molecule has 33 heavy (non-hydrogen) atoms. The van der Waals surface area contributed by atoms with Crippen molar-refractivity contribution in [3.63, 3.8) is 0 Å². The molecule has 9 nitrogen and oxygen atoms in total. The predicted molar refractivity (Wildman–Crippen MR) is 129 cm³/mol. The number of benzene rings is 2. The Morgan fingerprint density at radius 2 is 1.55 bits per heavy atom. The SMILES string of the molecule is C=NOCCOCC(=NOC)c1ccccc1CON=C(C)C(=NOC)c1ccccc1C.